The Kier molecular flexibility index (Phi) is 5.99. The van der Waals surface area contributed by atoms with Crippen LogP contribution in [0.25, 0.3) is 0 Å². The van der Waals surface area contributed by atoms with Gasteiger partial charge in [0.15, 0.2) is 0 Å². The first-order chi connectivity index (χ1) is 12.1. The molecule has 6 nitrogen and oxygen atoms in total. The van der Waals surface area contributed by atoms with E-state index in [0.29, 0.717) is 17.5 Å². The second-order valence-corrected chi connectivity index (χ2v) is 6.98. The maximum Gasteiger partial charge on any atom is 0.332 e. The number of halogens is 1. The molecule has 0 radical (unpaired) electrons. The molecule has 1 fully saturated rings. The monoisotopic (exact) mass is 406 g/mol. The van der Waals surface area contributed by atoms with Crippen LogP contribution in [0.4, 0.5) is 5.69 Å². The molecule has 25 heavy (non-hydrogen) atoms. The number of rotatable bonds is 6. The van der Waals surface area contributed by atoms with Crippen molar-refractivity contribution in [1.82, 2.24) is 4.98 Å². The van der Waals surface area contributed by atoms with Crippen LogP contribution in [0.15, 0.2) is 47.1 Å². The quantitative estimate of drug-likeness (QED) is 0.514. The average molecular weight is 407 g/mol. The van der Waals surface area contributed by atoms with Gasteiger partial charge < -0.3 is 9.47 Å². The molecule has 0 unspecified atom stereocenters. The van der Waals surface area contributed by atoms with Crippen LogP contribution in [-0.2, 0) is 11.3 Å². The topological polar surface area (TPSA) is 74.5 Å². The van der Waals surface area contributed by atoms with Crippen LogP contribution in [0.1, 0.15) is 31.2 Å². The summed E-state index contributed by atoms with van der Waals surface area (Å²) in [4.78, 5) is 14.8. The molecule has 1 aromatic carbocycles. The van der Waals surface area contributed by atoms with Crippen molar-refractivity contribution in [2.24, 2.45) is 0 Å². The summed E-state index contributed by atoms with van der Waals surface area (Å²) in [6.45, 7) is 0.564. The van der Waals surface area contributed by atoms with Gasteiger partial charge in [-0.3, -0.25) is 10.1 Å². The predicted octanol–water partition coefficient (Wildman–Crippen LogP) is 4.66. The first kappa shape index (κ1) is 17.8. The Labute approximate surface area is 154 Å². The molecule has 1 saturated carbocycles. The standard InChI is InChI=1S/C18H19BrN2O4/c19-14-9-17(21(22)23)18(20-11-14)25-16-8-4-7-15(10-16)24-12-13-5-2-1-3-6-13/h1-3,5-6,9,11,15-16H,4,7-8,10,12H2/t15-,16-/m1/s1. The highest BCUT2D eigenvalue weighted by Crippen LogP contribution is 2.31. The van der Waals surface area contributed by atoms with Crippen LogP contribution in [-0.4, -0.2) is 22.1 Å². The van der Waals surface area contributed by atoms with Crippen molar-refractivity contribution in [3.8, 4) is 5.88 Å². The Morgan fingerprint density at radius 1 is 1.24 bits per heavy atom. The van der Waals surface area contributed by atoms with E-state index >= 15 is 0 Å². The van der Waals surface area contributed by atoms with Crippen LogP contribution < -0.4 is 4.74 Å². The molecule has 0 aliphatic heterocycles. The lowest BCUT2D eigenvalue weighted by Crippen LogP contribution is -2.30. The lowest BCUT2D eigenvalue weighted by molar-refractivity contribution is -0.386. The predicted molar refractivity (Wildman–Crippen MR) is 96.5 cm³/mol. The summed E-state index contributed by atoms with van der Waals surface area (Å²) in [5, 5.41) is 11.2. The molecule has 1 aromatic heterocycles. The molecule has 1 heterocycles. The fourth-order valence-electron chi connectivity index (χ4n) is 2.94. The van der Waals surface area contributed by atoms with Gasteiger partial charge in [-0.05, 0) is 40.8 Å². The van der Waals surface area contributed by atoms with Crippen molar-refractivity contribution >= 4 is 21.6 Å². The molecule has 1 aliphatic rings. The number of ether oxygens (including phenoxy) is 2. The molecule has 0 amide bonds. The van der Waals surface area contributed by atoms with Crippen LogP contribution >= 0.6 is 15.9 Å². The third kappa shape index (κ3) is 4.99. The van der Waals surface area contributed by atoms with E-state index in [-0.39, 0.29) is 23.8 Å². The minimum atomic E-state index is -0.473. The van der Waals surface area contributed by atoms with E-state index in [4.69, 9.17) is 9.47 Å². The van der Waals surface area contributed by atoms with E-state index in [2.05, 4.69) is 20.9 Å². The number of nitrogens with zero attached hydrogens (tertiary/aromatic N) is 2. The van der Waals surface area contributed by atoms with Crippen LogP contribution in [0.3, 0.4) is 0 Å². The molecular weight excluding hydrogens is 388 g/mol. The first-order valence-corrected chi connectivity index (χ1v) is 9.03. The summed E-state index contributed by atoms with van der Waals surface area (Å²) < 4.78 is 12.4. The summed E-state index contributed by atoms with van der Waals surface area (Å²) >= 11 is 3.20. The fourth-order valence-corrected chi connectivity index (χ4v) is 3.26. The van der Waals surface area contributed by atoms with E-state index in [1.165, 1.54) is 12.3 Å². The van der Waals surface area contributed by atoms with Crippen LogP contribution in [0.5, 0.6) is 5.88 Å². The first-order valence-electron chi connectivity index (χ1n) is 8.24. The molecule has 2 atom stereocenters. The normalized spacial score (nSPS) is 20.2. The molecule has 3 rings (SSSR count). The van der Waals surface area contributed by atoms with Crippen molar-refractivity contribution < 1.29 is 14.4 Å². The Balaban J connectivity index is 1.59. The minimum Gasteiger partial charge on any atom is -0.469 e. The second kappa shape index (κ2) is 8.40. The van der Waals surface area contributed by atoms with Crippen LogP contribution in [0.2, 0.25) is 0 Å². The van der Waals surface area contributed by atoms with Gasteiger partial charge in [0, 0.05) is 23.2 Å². The van der Waals surface area contributed by atoms with Gasteiger partial charge in [-0.1, -0.05) is 30.3 Å². The zero-order chi connectivity index (χ0) is 17.6. The fraction of sp³-hybridized carbons (Fsp3) is 0.389. The summed E-state index contributed by atoms with van der Waals surface area (Å²) in [7, 11) is 0. The number of benzene rings is 1. The van der Waals surface area contributed by atoms with E-state index in [1.54, 1.807) is 0 Å². The maximum absolute atomic E-state index is 11.2. The highest BCUT2D eigenvalue weighted by Gasteiger charge is 2.27. The molecule has 0 saturated heterocycles. The molecule has 1 aliphatic carbocycles. The SMILES string of the molecule is O=[N+]([O-])c1cc(Br)cnc1O[C@@H]1CCC[C@@H](OCc2ccccc2)C1. The van der Waals surface area contributed by atoms with Gasteiger partial charge in [0.2, 0.25) is 0 Å². The molecule has 0 N–H and O–H groups in total. The third-order valence-electron chi connectivity index (χ3n) is 4.18. The van der Waals surface area contributed by atoms with E-state index < -0.39 is 4.92 Å². The Morgan fingerprint density at radius 2 is 2.00 bits per heavy atom. The third-order valence-corrected chi connectivity index (χ3v) is 4.61. The lowest BCUT2D eigenvalue weighted by Gasteiger charge is -2.29. The zero-order valence-corrected chi connectivity index (χ0v) is 15.2. The largest absolute Gasteiger partial charge is 0.469 e. The maximum atomic E-state index is 11.2. The van der Waals surface area contributed by atoms with Gasteiger partial charge in [0.1, 0.15) is 6.10 Å². The molecule has 0 bridgehead atoms. The van der Waals surface area contributed by atoms with Crippen molar-refractivity contribution in [2.75, 3.05) is 0 Å². The van der Waals surface area contributed by atoms with Gasteiger partial charge in [0.25, 0.3) is 5.88 Å². The Hall–Kier alpha value is -1.99. The summed E-state index contributed by atoms with van der Waals surface area (Å²) in [6.07, 6.45) is 4.98. The van der Waals surface area contributed by atoms with Gasteiger partial charge in [-0.15, -0.1) is 0 Å². The Bertz CT molecular complexity index is 726. The molecule has 132 valence electrons. The summed E-state index contributed by atoms with van der Waals surface area (Å²) in [5.74, 6) is 0.0712. The number of hydrogen-bond donors (Lipinski definition) is 0. The van der Waals surface area contributed by atoms with E-state index in [9.17, 15) is 10.1 Å². The number of aromatic nitrogens is 1. The minimum absolute atomic E-state index is 0.0712. The van der Waals surface area contributed by atoms with Crippen molar-refractivity contribution in [3.63, 3.8) is 0 Å². The van der Waals surface area contributed by atoms with Gasteiger partial charge in [-0.2, -0.15) is 0 Å². The van der Waals surface area contributed by atoms with Crippen molar-refractivity contribution in [2.45, 2.75) is 44.5 Å². The van der Waals surface area contributed by atoms with Gasteiger partial charge in [-0.25, -0.2) is 4.98 Å². The lowest BCUT2D eigenvalue weighted by atomic mass is 9.95. The van der Waals surface area contributed by atoms with Gasteiger partial charge >= 0.3 is 5.69 Å². The smallest absolute Gasteiger partial charge is 0.332 e. The second-order valence-electron chi connectivity index (χ2n) is 6.06. The van der Waals surface area contributed by atoms with Gasteiger partial charge in [0.05, 0.1) is 17.6 Å². The van der Waals surface area contributed by atoms with E-state index in [0.717, 1.165) is 24.8 Å². The molecule has 7 heteroatoms. The highest BCUT2D eigenvalue weighted by atomic mass is 79.9. The molecule has 2 aromatic rings. The number of pyridine rings is 1. The highest BCUT2D eigenvalue weighted by molar-refractivity contribution is 9.10. The van der Waals surface area contributed by atoms with Crippen molar-refractivity contribution in [1.29, 1.82) is 0 Å². The number of hydrogen-bond acceptors (Lipinski definition) is 5. The summed E-state index contributed by atoms with van der Waals surface area (Å²) in [6, 6.07) is 11.4. The molecule has 0 spiro atoms. The molecular formula is C18H19BrN2O4. The van der Waals surface area contributed by atoms with E-state index in [1.807, 2.05) is 30.3 Å². The summed E-state index contributed by atoms with van der Waals surface area (Å²) in [5.41, 5.74) is 1.01. The van der Waals surface area contributed by atoms with Crippen LogP contribution in [0, 0.1) is 10.1 Å². The Morgan fingerprint density at radius 3 is 2.76 bits per heavy atom. The number of nitro groups is 1. The van der Waals surface area contributed by atoms with Crippen molar-refractivity contribution in [3.05, 3.63) is 62.7 Å². The average Bonchev–Trinajstić information content (AvgIpc) is 2.62. The zero-order valence-electron chi connectivity index (χ0n) is 13.6.